The topological polar surface area (TPSA) is 101 Å². The van der Waals surface area contributed by atoms with Crippen molar-refractivity contribution in [2.45, 2.75) is 32.8 Å². The van der Waals surface area contributed by atoms with Gasteiger partial charge in [0, 0.05) is 12.1 Å². The zero-order valence-electron chi connectivity index (χ0n) is 11.5. The molecule has 1 aliphatic heterocycles. The lowest BCUT2D eigenvalue weighted by atomic mass is 10.2. The summed E-state index contributed by atoms with van der Waals surface area (Å²) < 4.78 is 32.1. The minimum Gasteiger partial charge on any atom is -0.443 e. The van der Waals surface area contributed by atoms with E-state index in [2.05, 4.69) is 10.2 Å². The first-order valence-electron chi connectivity index (χ1n) is 6.03. The molecule has 9 heteroatoms. The highest BCUT2D eigenvalue weighted by Gasteiger charge is 2.33. The van der Waals surface area contributed by atoms with Crippen molar-refractivity contribution in [3.8, 4) is 0 Å². The van der Waals surface area contributed by atoms with Crippen molar-refractivity contribution in [3.05, 3.63) is 17.8 Å². The van der Waals surface area contributed by atoms with Gasteiger partial charge in [-0.15, -0.1) is 5.10 Å². The van der Waals surface area contributed by atoms with Crippen LogP contribution in [0.25, 0.3) is 0 Å². The van der Waals surface area contributed by atoms with Crippen LogP contribution in [0.15, 0.2) is 12.3 Å². The van der Waals surface area contributed by atoms with Gasteiger partial charge in [-0.2, -0.15) is 13.5 Å². The zero-order valence-corrected chi connectivity index (χ0v) is 12.3. The predicted molar refractivity (Wildman–Crippen MR) is 71.4 cm³/mol. The maximum absolute atomic E-state index is 12.1. The van der Waals surface area contributed by atoms with Gasteiger partial charge < -0.3 is 4.74 Å². The fraction of sp³-hybridized carbons (Fsp3) is 0.545. The van der Waals surface area contributed by atoms with Crippen LogP contribution in [-0.2, 0) is 21.4 Å². The number of hydrogen-bond acceptors (Lipinski definition) is 6. The number of aromatic nitrogens is 2. The molecular weight excluding hydrogens is 284 g/mol. The third kappa shape index (κ3) is 3.16. The maximum atomic E-state index is 12.1. The van der Waals surface area contributed by atoms with E-state index in [4.69, 9.17) is 4.74 Å². The zero-order chi connectivity index (χ0) is 15.0. The molecule has 8 nitrogen and oxygen atoms in total. The minimum absolute atomic E-state index is 0.214. The van der Waals surface area contributed by atoms with Gasteiger partial charge in [0.25, 0.3) is 0 Å². The molecule has 0 atom stereocenters. The van der Waals surface area contributed by atoms with E-state index in [0.717, 1.165) is 9.87 Å². The van der Waals surface area contributed by atoms with Crippen LogP contribution in [0.2, 0.25) is 0 Å². The van der Waals surface area contributed by atoms with Crippen molar-refractivity contribution >= 4 is 22.1 Å². The normalized spacial score (nSPS) is 14.8. The third-order valence-electron chi connectivity index (χ3n) is 2.50. The van der Waals surface area contributed by atoms with Crippen LogP contribution in [0.3, 0.4) is 0 Å². The number of amides is 1. The Balaban J connectivity index is 2.15. The van der Waals surface area contributed by atoms with Crippen molar-refractivity contribution in [2.75, 3.05) is 10.8 Å². The second kappa shape index (κ2) is 4.89. The lowest BCUT2D eigenvalue weighted by Crippen LogP contribution is -2.45. The fourth-order valence-corrected chi connectivity index (χ4v) is 2.85. The molecule has 2 rings (SSSR count). The average Bonchev–Trinajstić information content (AvgIpc) is 2.69. The number of nitrogens with zero attached hydrogens (tertiary/aromatic N) is 3. The van der Waals surface area contributed by atoms with Crippen LogP contribution in [0.4, 0.5) is 10.6 Å². The molecule has 0 saturated carbocycles. The summed E-state index contributed by atoms with van der Waals surface area (Å²) in [5.74, 6) is 0.239. The van der Waals surface area contributed by atoms with Crippen molar-refractivity contribution in [1.82, 2.24) is 14.9 Å². The van der Waals surface area contributed by atoms with E-state index < -0.39 is 21.9 Å². The Kier molecular flexibility index (Phi) is 3.55. The van der Waals surface area contributed by atoms with Crippen LogP contribution in [-0.4, -0.2) is 36.9 Å². The fourth-order valence-electron chi connectivity index (χ4n) is 1.78. The van der Waals surface area contributed by atoms with Crippen LogP contribution in [0.5, 0.6) is 0 Å². The van der Waals surface area contributed by atoms with Gasteiger partial charge in [0.15, 0.2) is 5.82 Å². The van der Waals surface area contributed by atoms with Gasteiger partial charge >= 0.3 is 16.3 Å². The van der Waals surface area contributed by atoms with Crippen molar-refractivity contribution < 1.29 is 17.9 Å². The molecule has 1 aromatic heterocycles. The summed E-state index contributed by atoms with van der Waals surface area (Å²) >= 11 is 0. The molecule has 0 bridgehead atoms. The Morgan fingerprint density at radius 1 is 1.45 bits per heavy atom. The van der Waals surface area contributed by atoms with E-state index >= 15 is 0 Å². The molecule has 1 amide bonds. The Morgan fingerprint density at radius 2 is 2.15 bits per heavy atom. The SMILES string of the molecule is CC(C)(C)OC(=O)NS(=O)(=O)N1CCc2ccnnc21. The van der Waals surface area contributed by atoms with E-state index in [9.17, 15) is 13.2 Å². The van der Waals surface area contributed by atoms with Gasteiger partial charge in [-0.25, -0.2) is 13.8 Å². The number of fused-ring (bicyclic) bond motifs is 1. The van der Waals surface area contributed by atoms with E-state index in [1.54, 1.807) is 26.8 Å². The van der Waals surface area contributed by atoms with Crippen molar-refractivity contribution in [2.24, 2.45) is 0 Å². The summed E-state index contributed by atoms with van der Waals surface area (Å²) in [6.45, 7) is 5.16. The van der Waals surface area contributed by atoms with E-state index in [1.165, 1.54) is 6.20 Å². The Morgan fingerprint density at radius 3 is 2.80 bits per heavy atom. The van der Waals surface area contributed by atoms with Crippen molar-refractivity contribution in [1.29, 1.82) is 0 Å². The number of rotatable bonds is 2. The number of nitrogens with one attached hydrogen (secondary N) is 1. The molecule has 0 aliphatic carbocycles. The smallest absolute Gasteiger partial charge is 0.422 e. The Labute approximate surface area is 117 Å². The molecule has 1 aromatic rings. The van der Waals surface area contributed by atoms with E-state index in [1.807, 2.05) is 4.72 Å². The summed E-state index contributed by atoms with van der Waals surface area (Å²) in [7, 11) is -4.04. The number of hydrogen-bond donors (Lipinski definition) is 1. The van der Waals surface area contributed by atoms with Crippen LogP contribution >= 0.6 is 0 Å². The van der Waals surface area contributed by atoms with E-state index in [0.29, 0.717) is 6.42 Å². The van der Waals surface area contributed by atoms with Gasteiger partial charge in [-0.3, -0.25) is 0 Å². The lowest BCUT2D eigenvalue weighted by Gasteiger charge is -2.22. The summed E-state index contributed by atoms with van der Waals surface area (Å²) in [5, 5.41) is 7.45. The minimum atomic E-state index is -4.04. The lowest BCUT2D eigenvalue weighted by molar-refractivity contribution is 0.0570. The predicted octanol–water partition coefficient (Wildman–Crippen LogP) is 0.609. The van der Waals surface area contributed by atoms with Gasteiger partial charge in [0.05, 0.1) is 6.20 Å². The summed E-state index contributed by atoms with van der Waals surface area (Å²) in [5.41, 5.74) is -0.00273. The molecule has 0 radical (unpaired) electrons. The second-order valence-electron chi connectivity index (χ2n) is 5.31. The number of carbonyl (C=O) groups excluding carboxylic acids is 1. The first-order chi connectivity index (χ1) is 9.19. The Bertz CT molecular complexity index is 624. The monoisotopic (exact) mass is 300 g/mol. The number of carbonyl (C=O) groups is 1. The van der Waals surface area contributed by atoms with Gasteiger partial charge in [-0.05, 0) is 33.3 Å². The molecule has 2 heterocycles. The van der Waals surface area contributed by atoms with Crippen LogP contribution < -0.4 is 9.03 Å². The van der Waals surface area contributed by atoms with Gasteiger partial charge in [0.2, 0.25) is 0 Å². The first kappa shape index (κ1) is 14.5. The Hall–Kier alpha value is -1.90. The summed E-state index contributed by atoms with van der Waals surface area (Å²) in [4.78, 5) is 11.6. The quantitative estimate of drug-likeness (QED) is 0.858. The maximum Gasteiger partial charge on any atom is 0.422 e. The largest absolute Gasteiger partial charge is 0.443 e. The molecule has 0 saturated heterocycles. The molecule has 0 unspecified atom stereocenters. The molecule has 20 heavy (non-hydrogen) atoms. The van der Waals surface area contributed by atoms with E-state index in [-0.39, 0.29) is 12.4 Å². The molecule has 110 valence electrons. The first-order valence-corrected chi connectivity index (χ1v) is 7.47. The second-order valence-corrected chi connectivity index (χ2v) is 6.91. The van der Waals surface area contributed by atoms with Crippen LogP contribution in [0, 0.1) is 0 Å². The third-order valence-corrected chi connectivity index (χ3v) is 3.86. The van der Waals surface area contributed by atoms with Crippen molar-refractivity contribution in [3.63, 3.8) is 0 Å². The summed E-state index contributed by atoms with van der Waals surface area (Å²) in [6, 6.07) is 1.70. The molecule has 0 aromatic carbocycles. The molecule has 1 aliphatic rings. The average molecular weight is 300 g/mol. The van der Waals surface area contributed by atoms with Crippen LogP contribution in [0.1, 0.15) is 26.3 Å². The highest BCUT2D eigenvalue weighted by Crippen LogP contribution is 2.26. The molecular formula is C11H16N4O4S. The molecule has 1 N–H and O–H groups in total. The highest BCUT2D eigenvalue weighted by atomic mass is 32.2. The number of ether oxygens (including phenoxy) is 1. The van der Waals surface area contributed by atoms with Gasteiger partial charge in [0.1, 0.15) is 5.60 Å². The molecule has 0 spiro atoms. The highest BCUT2D eigenvalue weighted by molar-refractivity contribution is 7.91. The molecule has 0 fully saturated rings. The summed E-state index contributed by atoms with van der Waals surface area (Å²) in [6.07, 6.45) is 1.01. The van der Waals surface area contributed by atoms with Gasteiger partial charge in [-0.1, -0.05) is 0 Å². The standard InChI is InChI=1S/C11H16N4O4S/c1-11(2,3)19-10(16)14-20(17,18)15-7-5-8-4-6-12-13-9(8)15/h4,6H,5,7H2,1-3H3,(H,14,16). The number of anilines is 1.